The average molecular weight is 372 g/mol. The van der Waals surface area contributed by atoms with E-state index in [1.807, 2.05) is 6.07 Å². The van der Waals surface area contributed by atoms with Gasteiger partial charge in [-0.15, -0.1) is 0 Å². The van der Waals surface area contributed by atoms with E-state index in [1.54, 1.807) is 17.0 Å². The molecule has 1 amide bonds. The van der Waals surface area contributed by atoms with Crippen LogP contribution in [0.5, 0.6) is 0 Å². The lowest BCUT2D eigenvalue weighted by Crippen LogP contribution is -2.28. The Morgan fingerprint density at radius 3 is 2.69 bits per heavy atom. The van der Waals surface area contributed by atoms with Gasteiger partial charge in [0.1, 0.15) is 23.2 Å². The molecule has 1 fully saturated rings. The van der Waals surface area contributed by atoms with E-state index in [2.05, 4.69) is 0 Å². The molecular weight excluding hydrogens is 358 g/mol. The SMILES string of the molecule is N#C/C(=C\c1ccc(-c2ccc(Cl)cc2[N+](=O)[O-])o1)C(=O)N1CCCC1. The van der Waals surface area contributed by atoms with E-state index >= 15 is 0 Å². The minimum absolute atomic E-state index is 0.0293. The summed E-state index contributed by atoms with van der Waals surface area (Å²) in [4.78, 5) is 24.6. The second-order valence-corrected chi connectivity index (χ2v) is 6.23. The molecule has 0 radical (unpaired) electrons. The van der Waals surface area contributed by atoms with E-state index < -0.39 is 4.92 Å². The zero-order valence-corrected chi connectivity index (χ0v) is 14.4. The van der Waals surface area contributed by atoms with Gasteiger partial charge < -0.3 is 9.32 Å². The number of benzene rings is 1. The standard InChI is InChI=1S/C18H14ClN3O4/c19-13-3-5-15(16(10-13)22(24)25)17-6-4-14(26-17)9-12(11-20)18(23)21-7-1-2-8-21/h3-6,9-10H,1-2,7-8H2/b12-9+. The number of likely N-dealkylation sites (tertiary alicyclic amines) is 1. The maximum absolute atomic E-state index is 12.3. The second-order valence-electron chi connectivity index (χ2n) is 5.79. The number of hydrogen-bond acceptors (Lipinski definition) is 5. The van der Waals surface area contributed by atoms with Gasteiger partial charge in [-0.25, -0.2) is 0 Å². The molecule has 1 aliphatic heterocycles. The van der Waals surface area contributed by atoms with Crippen molar-refractivity contribution >= 4 is 29.3 Å². The van der Waals surface area contributed by atoms with Crippen LogP contribution in [0.25, 0.3) is 17.4 Å². The molecule has 1 saturated heterocycles. The molecule has 1 aromatic carbocycles. The minimum atomic E-state index is -0.545. The molecule has 0 atom stereocenters. The molecule has 0 unspecified atom stereocenters. The first-order valence-corrected chi connectivity index (χ1v) is 8.32. The van der Waals surface area contributed by atoms with Gasteiger partial charge in [-0.3, -0.25) is 14.9 Å². The van der Waals surface area contributed by atoms with Crippen molar-refractivity contribution in [3.8, 4) is 17.4 Å². The molecule has 1 aliphatic rings. The predicted octanol–water partition coefficient (Wildman–Crippen LogP) is 4.04. The van der Waals surface area contributed by atoms with Crippen LogP contribution in [0.15, 0.2) is 40.3 Å². The Bertz CT molecular complexity index is 936. The molecule has 2 aromatic rings. The highest BCUT2D eigenvalue weighted by atomic mass is 35.5. The van der Waals surface area contributed by atoms with Crippen molar-refractivity contribution in [1.29, 1.82) is 5.26 Å². The summed E-state index contributed by atoms with van der Waals surface area (Å²) < 4.78 is 5.60. The zero-order valence-electron chi connectivity index (χ0n) is 13.6. The molecule has 0 spiro atoms. The molecule has 26 heavy (non-hydrogen) atoms. The van der Waals surface area contributed by atoms with Crippen LogP contribution in [-0.2, 0) is 4.79 Å². The summed E-state index contributed by atoms with van der Waals surface area (Å²) >= 11 is 5.82. The number of nitro benzene ring substituents is 1. The number of nitro groups is 1. The first-order chi connectivity index (χ1) is 12.5. The highest BCUT2D eigenvalue weighted by Gasteiger charge is 2.22. The van der Waals surface area contributed by atoms with Crippen LogP contribution in [0.3, 0.4) is 0 Å². The van der Waals surface area contributed by atoms with Gasteiger partial charge in [0.25, 0.3) is 11.6 Å². The Morgan fingerprint density at radius 1 is 1.31 bits per heavy atom. The molecule has 3 rings (SSSR count). The minimum Gasteiger partial charge on any atom is -0.456 e. The normalized spacial score (nSPS) is 14.3. The van der Waals surface area contributed by atoms with Gasteiger partial charge in [0, 0.05) is 30.3 Å². The van der Waals surface area contributed by atoms with Crippen LogP contribution in [-0.4, -0.2) is 28.8 Å². The molecule has 0 N–H and O–H groups in total. The maximum Gasteiger partial charge on any atom is 0.281 e. The van der Waals surface area contributed by atoms with Gasteiger partial charge in [-0.05, 0) is 37.1 Å². The van der Waals surface area contributed by atoms with E-state index in [0.29, 0.717) is 13.1 Å². The topological polar surface area (TPSA) is 100 Å². The quantitative estimate of drug-likeness (QED) is 0.349. The third kappa shape index (κ3) is 3.60. The molecule has 132 valence electrons. The van der Waals surface area contributed by atoms with Crippen molar-refractivity contribution in [3.05, 3.63) is 56.8 Å². The molecular formula is C18H14ClN3O4. The Morgan fingerprint density at radius 2 is 2.04 bits per heavy atom. The Balaban J connectivity index is 1.91. The van der Waals surface area contributed by atoms with Gasteiger partial charge >= 0.3 is 0 Å². The first-order valence-electron chi connectivity index (χ1n) is 7.95. The average Bonchev–Trinajstić information content (AvgIpc) is 3.31. The van der Waals surface area contributed by atoms with Crippen molar-refractivity contribution in [3.63, 3.8) is 0 Å². The lowest BCUT2D eigenvalue weighted by atomic mass is 10.1. The van der Waals surface area contributed by atoms with Crippen LogP contribution in [0.4, 0.5) is 5.69 Å². The predicted molar refractivity (Wildman–Crippen MR) is 95.2 cm³/mol. The summed E-state index contributed by atoms with van der Waals surface area (Å²) in [6.07, 6.45) is 3.21. The lowest BCUT2D eigenvalue weighted by molar-refractivity contribution is -0.384. The summed E-state index contributed by atoms with van der Waals surface area (Å²) in [6.45, 7) is 1.27. The maximum atomic E-state index is 12.3. The molecule has 0 saturated carbocycles. The molecule has 0 bridgehead atoms. The van der Waals surface area contributed by atoms with Gasteiger partial charge in [-0.2, -0.15) is 5.26 Å². The van der Waals surface area contributed by atoms with E-state index in [9.17, 15) is 20.2 Å². The number of hydrogen-bond donors (Lipinski definition) is 0. The number of rotatable bonds is 4. The number of amides is 1. The smallest absolute Gasteiger partial charge is 0.281 e. The monoisotopic (exact) mass is 371 g/mol. The number of furan rings is 1. The molecule has 0 aliphatic carbocycles. The van der Waals surface area contributed by atoms with E-state index in [1.165, 1.54) is 24.3 Å². The highest BCUT2D eigenvalue weighted by Crippen LogP contribution is 2.33. The number of carbonyl (C=O) groups is 1. The van der Waals surface area contributed by atoms with Crippen LogP contribution in [0.1, 0.15) is 18.6 Å². The van der Waals surface area contributed by atoms with Crippen LogP contribution in [0, 0.1) is 21.4 Å². The summed E-state index contributed by atoms with van der Waals surface area (Å²) in [7, 11) is 0. The summed E-state index contributed by atoms with van der Waals surface area (Å²) in [5, 5.41) is 20.7. The Hall–Kier alpha value is -3.11. The fourth-order valence-electron chi connectivity index (χ4n) is 2.81. The third-order valence-electron chi connectivity index (χ3n) is 4.08. The second kappa shape index (κ2) is 7.42. The van der Waals surface area contributed by atoms with Gasteiger partial charge in [-0.1, -0.05) is 11.6 Å². The van der Waals surface area contributed by atoms with E-state index in [-0.39, 0.29) is 39.3 Å². The summed E-state index contributed by atoms with van der Waals surface area (Å²) in [5.41, 5.74) is 0.0536. The van der Waals surface area contributed by atoms with Crippen molar-refractivity contribution in [2.45, 2.75) is 12.8 Å². The first kappa shape index (κ1) is 17.7. The number of nitriles is 1. The summed E-state index contributed by atoms with van der Waals surface area (Å²) in [6, 6.07) is 9.27. The van der Waals surface area contributed by atoms with Crippen molar-refractivity contribution in [2.75, 3.05) is 13.1 Å². The zero-order chi connectivity index (χ0) is 18.7. The highest BCUT2D eigenvalue weighted by molar-refractivity contribution is 6.30. The fourth-order valence-corrected chi connectivity index (χ4v) is 2.98. The van der Waals surface area contributed by atoms with Crippen LogP contribution in [0.2, 0.25) is 5.02 Å². The van der Waals surface area contributed by atoms with Crippen LogP contribution >= 0.6 is 11.6 Å². The lowest BCUT2D eigenvalue weighted by Gasteiger charge is -2.13. The number of halogens is 1. The third-order valence-corrected chi connectivity index (χ3v) is 4.31. The molecule has 8 heteroatoms. The Kier molecular flexibility index (Phi) is 5.05. The van der Waals surface area contributed by atoms with Crippen molar-refractivity contribution in [2.24, 2.45) is 0 Å². The fraction of sp³-hybridized carbons (Fsp3) is 0.222. The molecule has 7 nitrogen and oxygen atoms in total. The van der Waals surface area contributed by atoms with Crippen molar-refractivity contribution < 1.29 is 14.1 Å². The van der Waals surface area contributed by atoms with Crippen LogP contribution < -0.4 is 0 Å². The number of nitrogens with zero attached hydrogens (tertiary/aromatic N) is 3. The van der Waals surface area contributed by atoms with Gasteiger partial charge in [0.15, 0.2) is 0 Å². The van der Waals surface area contributed by atoms with Crippen molar-refractivity contribution in [1.82, 2.24) is 4.90 Å². The van der Waals surface area contributed by atoms with Gasteiger partial charge in [0.2, 0.25) is 0 Å². The molecule has 2 heterocycles. The Labute approximate surface area is 154 Å². The summed E-state index contributed by atoms with van der Waals surface area (Å²) in [5.74, 6) is 0.194. The van der Waals surface area contributed by atoms with E-state index in [0.717, 1.165) is 12.8 Å². The largest absolute Gasteiger partial charge is 0.456 e. The van der Waals surface area contributed by atoms with Gasteiger partial charge in [0.05, 0.1) is 10.5 Å². The van der Waals surface area contributed by atoms with E-state index in [4.69, 9.17) is 16.0 Å². The number of carbonyl (C=O) groups excluding carboxylic acids is 1. The molecule has 1 aromatic heterocycles.